The SMILES string of the molecule is Cc1ccccc1NC(=O)C1CC1C(=O)NC(C)c1ccccc1. The molecule has 3 atom stereocenters. The summed E-state index contributed by atoms with van der Waals surface area (Å²) in [5.74, 6) is -0.569. The summed E-state index contributed by atoms with van der Waals surface area (Å²) in [6.45, 7) is 3.91. The highest BCUT2D eigenvalue weighted by Crippen LogP contribution is 2.40. The number of carbonyl (C=O) groups excluding carboxylic acids is 2. The molecule has 4 heteroatoms. The first-order valence-electron chi connectivity index (χ1n) is 8.28. The van der Waals surface area contributed by atoms with E-state index >= 15 is 0 Å². The van der Waals surface area contributed by atoms with Gasteiger partial charge in [-0.3, -0.25) is 9.59 Å². The maximum atomic E-state index is 12.3. The quantitative estimate of drug-likeness (QED) is 0.886. The zero-order valence-electron chi connectivity index (χ0n) is 14.0. The zero-order chi connectivity index (χ0) is 17.1. The van der Waals surface area contributed by atoms with Gasteiger partial charge in [-0.05, 0) is 37.5 Å². The van der Waals surface area contributed by atoms with Crippen LogP contribution in [0.1, 0.15) is 30.5 Å². The van der Waals surface area contributed by atoms with Gasteiger partial charge in [0, 0.05) is 5.69 Å². The van der Waals surface area contributed by atoms with Crippen LogP contribution in [0.2, 0.25) is 0 Å². The second-order valence-corrected chi connectivity index (χ2v) is 6.39. The van der Waals surface area contributed by atoms with Crippen molar-refractivity contribution in [1.29, 1.82) is 0 Å². The topological polar surface area (TPSA) is 58.2 Å². The summed E-state index contributed by atoms with van der Waals surface area (Å²) in [5.41, 5.74) is 2.89. The lowest BCUT2D eigenvalue weighted by atomic mass is 10.1. The molecule has 0 spiro atoms. The second-order valence-electron chi connectivity index (χ2n) is 6.39. The molecule has 2 N–H and O–H groups in total. The largest absolute Gasteiger partial charge is 0.349 e. The molecular weight excluding hydrogens is 300 g/mol. The van der Waals surface area contributed by atoms with Crippen molar-refractivity contribution in [2.45, 2.75) is 26.3 Å². The van der Waals surface area contributed by atoms with E-state index in [1.54, 1.807) is 0 Å². The van der Waals surface area contributed by atoms with Crippen molar-refractivity contribution < 1.29 is 9.59 Å². The lowest BCUT2D eigenvalue weighted by Gasteiger charge is -2.14. The Balaban J connectivity index is 1.54. The van der Waals surface area contributed by atoms with E-state index in [4.69, 9.17) is 0 Å². The van der Waals surface area contributed by atoms with E-state index in [-0.39, 0.29) is 29.7 Å². The molecule has 0 aromatic heterocycles. The first kappa shape index (κ1) is 16.2. The van der Waals surface area contributed by atoms with E-state index < -0.39 is 0 Å². The minimum atomic E-state index is -0.229. The lowest BCUT2D eigenvalue weighted by Crippen LogP contribution is -2.29. The summed E-state index contributed by atoms with van der Waals surface area (Å²) in [7, 11) is 0. The average Bonchev–Trinajstić information content (AvgIpc) is 3.38. The first-order valence-corrected chi connectivity index (χ1v) is 8.28. The van der Waals surface area contributed by atoms with Crippen LogP contribution in [-0.2, 0) is 9.59 Å². The molecule has 124 valence electrons. The number of hydrogen-bond acceptors (Lipinski definition) is 2. The monoisotopic (exact) mass is 322 g/mol. The number of carbonyl (C=O) groups is 2. The van der Waals surface area contributed by atoms with Crippen molar-refractivity contribution in [3.63, 3.8) is 0 Å². The third kappa shape index (κ3) is 3.65. The Morgan fingerprint density at radius 2 is 1.58 bits per heavy atom. The highest BCUT2D eigenvalue weighted by Gasteiger charge is 2.48. The van der Waals surface area contributed by atoms with Gasteiger partial charge in [-0.1, -0.05) is 48.5 Å². The number of para-hydroxylation sites is 1. The predicted octanol–water partition coefficient (Wildman–Crippen LogP) is 3.45. The Labute approximate surface area is 142 Å². The summed E-state index contributed by atoms with van der Waals surface area (Å²) in [5, 5.41) is 5.92. The number of hydrogen-bond donors (Lipinski definition) is 2. The molecule has 0 bridgehead atoms. The molecule has 1 saturated carbocycles. The van der Waals surface area contributed by atoms with Crippen molar-refractivity contribution in [2.75, 3.05) is 5.32 Å². The summed E-state index contributed by atoms with van der Waals surface area (Å²) in [4.78, 5) is 24.6. The number of aryl methyl sites for hydroxylation is 1. The highest BCUT2D eigenvalue weighted by molar-refractivity contribution is 5.99. The predicted molar refractivity (Wildman–Crippen MR) is 94.4 cm³/mol. The smallest absolute Gasteiger partial charge is 0.228 e. The summed E-state index contributed by atoms with van der Waals surface area (Å²) in [6, 6.07) is 17.4. The average molecular weight is 322 g/mol. The zero-order valence-corrected chi connectivity index (χ0v) is 14.0. The molecule has 2 amide bonds. The normalized spacial score (nSPS) is 20.1. The van der Waals surface area contributed by atoms with Crippen molar-refractivity contribution >= 4 is 17.5 Å². The van der Waals surface area contributed by atoms with Crippen molar-refractivity contribution in [2.24, 2.45) is 11.8 Å². The van der Waals surface area contributed by atoms with Gasteiger partial charge in [0.05, 0.1) is 17.9 Å². The van der Waals surface area contributed by atoms with Crippen molar-refractivity contribution in [3.8, 4) is 0 Å². The molecular formula is C20H22N2O2. The van der Waals surface area contributed by atoms with Gasteiger partial charge >= 0.3 is 0 Å². The Kier molecular flexibility index (Phi) is 4.65. The second kappa shape index (κ2) is 6.87. The van der Waals surface area contributed by atoms with Crippen LogP contribution in [0.5, 0.6) is 0 Å². The third-order valence-corrected chi connectivity index (χ3v) is 4.53. The molecule has 1 aliphatic rings. The van der Waals surface area contributed by atoms with Gasteiger partial charge in [0.25, 0.3) is 0 Å². The van der Waals surface area contributed by atoms with Crippen LogP contribution in [0, 0.1) is 18.8 Å². The van der Waals surface area contributed by atoms with Gasteiger partial charge in [0.15, 0.2) is 0 Å². The Morgan fingerprint density at radius 1 is 0.958 bits per heavy atom. The fourth-order valence-corrected chi connectivity index (χ4v) is 2.86. The molecule has 3 unspecified atom stereocenters. The molecule has 24 heavy (non-hydrogen) atoms. The van der Waals surface area contributed by atoms with Gasteiger partial charge in [0.1, 0.15) is 0 Å². The Bertz CT molecular complexity index is 742. The van der Waals surface area contributed by atoms with Gasteiger partial charge < -0.3 is 10.6 Å². The number of nitrogens with one attached hydrogen (secondary N) is 2. The fraction of sp³-hybridized carbons (Fsp3) is 0.300. The molecule has 4 nitrogen and oxygen atoms in total. The molecule has 0 heterocycles. The molecule has 0 saturated heterocycles. The Morgan fingerprint density at radius 3 is 2.29 bits per heavy atom. The van der Waals surface area contributed by atoms with Crippen LogP contribution in [0.4, 0.5) is 5.69 Å². The highest BCUT2D eigenvalue weighted by atomic mass is 16.2. The first-order chi connectivity index (χ1) is 11.6. The lowest BCUT2D eigenvalue weighted by molar-refractivity contribution is -0.125. The molecule has 0 aliphatic heterocycles. The fourth-order valence-electron chi connectivity index (χ4n) is 2.86. The number of amides is 2. The van der Waals surface area contributed by atoms with E-state index in [1.165, 1.54) is 0 Å². The van der Waals surface area contributed by atoms with Crippen molar-refractivity contribution in [1.82, 2.24) is 5.32 Å². The number of anilines is 1. The number of benzene rings is 2. The van der Waals surface area contributed by atoms with Crippen molar-refractivity contribution in [3.05, 3.63) is 65.7 Å². The molecule has 2 aromatic carbocycles. The minimum absolute atomic E-state index is 0.0451. The van der Waals surface area contributed by atoms with Gasteiger partial charge in [0.2, 0.25) is 11.8 Å². The molecule has 2 aromatic rings. The molecule has 0 radical (unpaired) electrons. The third-order valence-electron chi connectivity index (χ3n) is 4.53. The summed E-state index contributed by atoms with van der Waals surface area (Å²) < 4.78 is 0. The molecule has 1 fully saturated rings. The van der Waals surface area contributed by atoms with Crippen LogP contribution in [0.25, 0.3) is 0 Å². The standard InChI is InChI=1S/C20H22N2O2/c1-13-8-6-7-11-18(13)22-20(24)17-12-16(17)19(23)21-14(2)15-9-4-3-5-10-15/h3-11,14,16-17H,12H2,1-2H3,(H,21,23)(H,22,24). The van der Waals surface area contributed by atoms with E-state index in [1.807, 2.05) is 68.4 Å². The van der Waals surface area contributed by atoms with Gasteiger partial charge in [-0.2, -0.15) is 0 Å². The van der Waals surface area contributed by atoms with Crippen LogP contribution in [0.15, 0.2) is 54.6 Å². The van der Waals surface area contributed by atoms with Crippen LogP contribution in [0.3, 0.4) is 0 Å². The summed E-state index contributed by atoms with van der Waals surface area (Å²) in [6.07, 6.45) is 0.616. The maximum absolute atomic E-state index is 12.3. The van der Waals surface area contributed by atoms with E-state index in [2.05, 4.69) is 10.6 Å². The van der Waals surface area contributed by atoms with Gasteiger partial charge in [-0.25, -0.2) is 0 Å². The van der Waals surface area contributed by atoms with Gasteiger partial charge in [-0.15, -0.1) is 0 Å². The maximum Gasteiger partial charge on any atom is 0.228 e. The number of rotatable bonds is 5. The molecule has 1 aliphatic carbocycles. The van der Waals surface area contributed by atoms with E-state index in [9.17, 15) is 9.59 Å². The van der Waals surface area contributed by atoms with Crippen LogP contribution < -0.4 is 10.6 Å². The van der Waals surface area contributed by atoms with E-state index in [0.29, 0.717) is 6.42 Å². The van der Waals surface area contributed by atoms with E-state index in [0.717, 1.165) is 16.8 Å². The molecule has 3 rings (SSSR count). The Hall–Kier alpha value is -2.62. The summed E-state index contributed by atoms with van der Waals surface area (Å²) >= 11 is 0. The van der Waals surface area contributed by atoms with Crippen LogP contribution >= 0.6 is 0 Å². The minimum Gasteiger partial charge on any atom is -0.349 e. The van der Waals surface area contributed by atoms with Crippen LogP contribution in [-0.4, -0.2) is 11.8 Å².